The standard InChI is InChI=1S/C21H21N5O4/c1-4-30-20(27)17-18(13-8-6-5-7-9-13)22-21-23-24-25-26(21)19(17)14-10-11-15(28-2)16(12-14)29-3/h5-12,19H,4H2,1-3H3,(H,22,23,25). The monoisotopic (exact) mass is 407 g/mol. The number of esters is 1. The number of benzene rings is 2. The number of carbonyl (C=O) groups is 1. The van der Waals surface area contributed by atoms with Gasteiger partial charge < -0.3 is 19.5 Å². The van der Waals surface area contributed by atoms with Crippen molar-refractivity contribution in [2.75, 3.05) is 26.1 Å². The van der Waals surface area contributed by atoms with E-state index < -0.39 is 12.0 Å². The largest absolute Gasteiger partial charge is 0.493 e. The van der Waals surface area contributed by atoms with Crippen LogP contribution in [0.3, 0.4) is 0 Å². The Morgan fingerprint density at radius 3 is 2.57 bits per heavy atom. The van der Waals surface area contributed by atoms with Gasteiger partial charge in [0.05, 0.1) is 32.1 Å². The minimum Gasteiger partial charge on any atom is -0.493 e. The van der Waals surface area contributed by atoms with Crippen molar-refractivity contribution in [2.24, 2.45) is 0 Å². The Kier molecular flexibility index (Phi) is 5.34. The molecule has 9 nitrogen and oxygen atoms in total. The molecule has 154 valence electrons. The highest BCUT2D eigenvalue weighted by atomic mass is 16.5. The molecular formula is C21H21N5O4. The molecule has 0 spiro atoms. The quantitative estimate of drug-likeness (QED) is 0.623. The first kappa shape index (κ1) is 19.4. The molecule has 1 aliphatic rings. The maximum atomic E-state index is 13.1. The van der Waals surface area contributed by atoms with Gasteiger partial charge in [0.1, 0.15) is 6.04 Å². The van der Waals surface area contributed by atoms with Gasteiger partial charge in [0.25, 0.3) is 0 Å². The van der Waals surface area contributed by atoms with Crippen molar-refractivity contribution in [3.05, 3.63) is 65.2 Å². The van der Waals surface area contributed by atoms with Crippen LogP contribution < -0.4 is 14.8 Å². The number of aromatic nitrogens is 4. The number of fused-ring (bicyclic) bond motifs is 1. The molecule has 4 rings (SSSR count). The zero-order chi connectivity index (χ0) is 21.1. The first-order valence-electron chi connectivity index (χ1n) is 9.41. The normalized spacial score (nSPS) is 15.2. The Bertz CT molecular complexity index is 1090. The fraction of sp³-hybridized carbons (Fsp3) is 0.238. The fourth-order valence-electron chi connectivity index (χ4n) is 3.47. The SMILES string of the molecule is CCOC(=O)C1=C(c2ccccc2)Nc2nnnn2C1c1ccc(OC)c(OC)c1. The van der Waals surface area contributed by atoms with E-state index >= 15 is 0 Å². The molecule has 1 aliphatic heterocycles. The molecule has 1 unspecified atom stereocenters. The predicted octanol–water partition coefficient (Wildman–Crippen LogP) is 2.68. The summed E-state index contributed by atoms with van der Waals surface area (Å²) < 4.78 is 17.8. The third-order valence-corrected chi connectivity index (χ3v) is 4.80. The summed E-state index contributed by atoms with van der Waals surface area (Å²) in [4.78, 5) is 13.1. The molecule has 0 radical (unpaired) electrons. The van der Waals surface area contributed by atoms with Crippen molar-refractivity contribution in [1.82, 2.24) is 20.2 Å². The van der Waals surface area contributed by atoms with Crippen LogP contribution in [0.15, 0.2) is 54.1 Å². The average molecular weight is 407 g/mol. The van der Waals surface area contributed by atoms with E-state index in [0.717, 1.165) is 11.1 Å². The smallest absolute Gasteiger partial charge is 0.338 e. The van der Waals surface area contributed by atoms with E-state index in [4.69, 9.17) is 14.2 Å². The van der Waals surface area contributed by atoms with Gasteiger partial charge in [-0.05, 0) is 40.6 Å². The Morgan fingerprint density at radius 1 is 1.10 bits per heavy atom. The topological polar surface area (TPSA) is 100 Å². The number of rotatable bonds is 6. The molecule has 0 fully saturated rings. The number of hydrogen-bond acceptors (Lipinski definition) is 8. The summed E-state index contributed by atoms with van der Waals surface area (Å²) in [6.07, 6.45) is 0. The molecule has 0 bridgehead atoms. The van der Waals surface area contributed by atoms with Crippen LogP contribution in [-0.2, 0) is 9.53 Å². The summed E-state index contributed by atoms with van der Waals surface area (Å²) >= 11 is 0. The molecule has 0 aliphatic carbocycles. The summed E-state index contributed by atoms with van der Waals surface area (Å²) in [6.45, 7) is 2.01. The number of methoxy groups -OCH3 is 2. The molecule has 1 N–H and O–H groups in total. The Balaban J connectivity index is 1.96. The van der Waals surface area contributed by atoms with E-state index in [2.05, 4.69) is 20.8 Å². The van der Waals surface area contributed by atoms with Crippen molar-refractivity contribution in [2.45, 2.75) is 13.0 Å². The molecular weight excluding hydrogens is 386 g/mol. The molecule has 0 saturated carbocycles. The third kappa shape index (κ3) is 3.34. The van der Waals surface area contributed by atoms with Crippen LogP contribution in [0.25, 0.3) is 5.70 Å². The van der Waals surface area contributed by atoms with Crippen LogP contribution in [0.4, 0.5) is 5.95 Å². The van der Waals surface area contributed by atoms with Crippen LogP contribution in [-0.4, -0.2) is 47.0 Å². The number of hydrogen-bond donors (Lipinski definition) is 1. The van der Waals surface area contributed by atoms with Gasteiger partial charge in [-0.1, -0.05) is 41.5 Å². The van der Waals surface area contributed by atoms with E-state index in [1.807, 2.05) is 42.5 Å². The van der Waals surface area contributed by atoms with E-state index in [0.29, 0.717) is 28.7 Å². The number of ether oxygens (including phenoxy) is 3. The predicted molar refractivity (Wildman–Crippen MR) is 109 cm³/mol. The average Bonchev–Trinajstić information content (AvgIpc) is 3.26. The molecule has 0 amide bonds. The van der Waals surface area contributed by atoms with Gasteiger partial charge in [-0.15, -0.1) is 0 Å². The van der Waals surface area contributed by atoms with E-state index in [9.17, 15) is 4.79 Å². The molecule has 2 heterocycles. The second kappa shape index (κ2) is 8.24. The lowest BCUT2D eigenvalue weighted by atomic mass is 9.92. The second-order valence-electron chi connectivity index (χ2n) is 6.46. The summed E-state index contributed by atoms with van der Waals surface area (Å²) in [5, 5.41) is 15.2. The van der Waals surface area contributed by atoms with Crippen LogP contribution in [0.2, 0.25) is 0 Å². The van der Waals surface area contributed by atoms with Crippen molar-refractivity contribution in [3.8, 4) is 11.5 Å². The molecule has 30 heavy (non-hydrogen) atoms. The Labute approximate surface area is 173 Å². The maximum absolute atomic E-state index is 13.1. The molecule has 1 aromatic heterocycles. The fourth-order valence-corrected chi connectivity index (χ4v) is 3.47. The number of nitrogens with zero attached hydrogens (tertiary/aromatic N) is 4. The first-order valence-corrected chi connectivity index (χ1v) is 9.41. The van der Waals surface area contributed by atoms with Crippen molar-refractivity contribution in [3.63, 3.8) is 0 Å². The maximum Gasteiger partial charge on any atom is 0.338 e. The van der Waals surface area contributed by atoms with E-state index in [1.165, 1.54) is 0 Å². The lowest BCUT2D eigenvalue weighted by molar-refractivity contribution is -0.138. The van der Waals surface area contributed by atoms with E-state index in [-0.39, 0.29) is 6.61 Å². The van der Waals surface area contributed by atoms with Crippen LogP contribution in [0.1, 0.15) is 24.1 Å². The third-order valence-electron chi connectivity index (χ3n) is 4.80. The van der Waals surface area contributed by atoms with Gasteiger partial charge >= 0.3 is 5.97 Å². The zero-order valence-electron chi connectivity index (χ0n) is 16.8. The minimum absolute atomic E-state index is 0.242. The second-order valence-corrected chi connectivity index (χ2v) is 6.46. The highest BCUT2D eigenvalue weighted by Gasteiger charge is 2.37. The molecule has 1 atom stereocenters. The van der Waals surface area contributed by atoms with Gasteiger partial charge in [-0.25, -0.2) is 4.79 Å². The molecule has 0 saturated heterocycles. The van der Waals surface area contributed by atoms with Gasteiger partial charge in [0, 0.05) is 0 Å². The minimum atomic E-state index is -0.620. The van der Waals surface area contributed by atoms with Crippen molar-refractivity contribution in [1.29, 1.82) is 0 Å². The first-order chi connectivity index (χ1) is 14.7. The van der Waals surface area contributed by atoms with E-state index in [1.54, 1.807) is 31.9 Å². The summed E-state index contributed by atoms with van der Waals surface area (Å²) in [7, 11) is 3.13. The van der Waals surface area contributed by atoms with Crippen LogP contribution in [0.5, 0.6) is 11.5 Å². The number of carbonyl (C=O) groups excluding carboxylic acids is 1. The highest BCUT2D eigenvalue weighted by molar-refractivity contribution is 6.02. The van der Waals surface area contributed by atoms with Crippen LogP contribution >= 0.6 is 0 Å². The highest BCUT2D eigenvalue weighted by Crippen LogP contribution is 2.40. The number of anilines is 1. The Hall–Kier alpha value is -3.88. The van der Waals surface area contributed by atoms with Gasteiger partial charge in [-0.3, -0.25) is 0 Å². The van der Waals surface area contributed by atoms with Crippen molar-refractivity contribution >= 4 is 17.6 Å². The Morgan fingerprint density at radius 2 is 1.87 bits per heavy atom. The van der Waals surface area contributed by atoms with Gasteiger partial charge in [0.15, 0.2) is 11.5 Å². The zero-order valence-corrected chi connectivity index (χ0v) is 16.8. The van der Waals surface area contributed by atoms with Crippen molar-refractivity contribution < 1.29 is 19.0 Å². The summed E-state index contributed by atoms with van der Waals surface area (Å²) in [5.41, 5.74) is 2.56. The van der Waals surface area contributed by atoms with Crippen LogP contribution in [0, 0.1) is 0 Å². The lowest BCUT2D eigenvalue weighted by Crippen LogP contribution is -2.30. The lowest BCUT2D eigenvalue weighted by Gasteiger charge is -2.29. The molecule has 9 heteroatoms. The number of tetrazole rings is 1. The number of nitrogens with one attached hydrogen (secondary N) is 1. The molecule has 2 aromatic carbocycles. The molecule has 3 aromatic rings. The summed E-state index contributed by atoms with van der Waals surface area (Å²) in [6, 6.07) is 14.3. The van der Waals surface area contributed by atoms with Gasteiger partial charge in [-0.2, -0.15) is 4.68 Å². The van der Waals surface area contributed by atoms with Gasteiger partial charge in [0.2, 0.25) is 5.95 Å². The summed E-state index contributed by atoms with van der Waals surface area (Å²) in [5.74, 6) is 1.08.